The van der Waals surface area contributed by atoms with Crippen molar-refractivity contribution in [3.63, 3.8) is 0 Å². The van der Waals surface area contributed by atoms with Crippen LogP contribution in [-0.2, 0) is 6.54 Å². The fourth-order valence-electron chi connectivity index (χ4n) is 2.10. The highest BCUT2D eigenvalue weighted by atomic mass is 79.9. The highest BCUT2D eigenvalue weighted by Crippen LogP contribution is 2.31. The minimum atomic E-state index is -0.530. The van der Waals surface area contributed by atoms with Gasteiger partial charge in [0, 0.05) is 17.1 Å². The average Bonchev–Trinajstić information content (AvgIpc) is 2.77. The lowest BCUT2D eigenvalue weighted by Gasteiger charge is -2.19. The van der Waals surface area contributed by atoms with Gasteiger partial charge in [0.1, 0.15) is 5.82 Å². The summed E-state index contributed by atoms with van der Waals surface area (Å²) in [6, 6.07) is 3.87. The molecule has 20 heavy (non-hydrogen) atoms. The van der Waals surface area contributed by atoms with Crippen molar-refractivity contribution in [2.75, 3.05) is 0 Å². The Kier molecular flexibility index (Phi) is 5.15. The van der Waals surface area contributed by atoms with Gasteiger partial charge in [-0.1, -0.05) is 18.5 Å². The van der Waals surface area contributed by atoms with E-state index < -0.39 is 6.04 Å². The molecule has 0 radical (unpaired) electrons. The van der Waals surface area contributed by atoms with Gasteiger partial charge < -0.3 is 0 Å². The van der Waals surface area contributed by atoms with E-state index in [4.69, 9.17) is 17.4 Å². The second kappa shape index (κ2) is 6.67. The third kappa shape index (κ3) is 3.03. The predicted octanol–water partition coefficient (Wildman–Crippen LogP) is 3.40. The molecule has 2 rings (SSSR count). The first-order chi connectivity index (χ1) is 9.58. The summed E-state index contributed by atoms with van der Waals surface area (Å²) in [6.45, 7) is 2.77. The highest BCUT2D eigenvalue weighted by molar-refractivity contribution is 9.10. The van der Waals surface area contributed by atoms with Crippen molar-refractivity contribution >= 4 is 27.5 Å². The van der Waals surface area contributed by atoms with E-state index in [2.05, 4.69) is 26.5 Å². The van der Waals surface area contributed by atoms with Gasteiger partial charge in [0.15, 0.2) is 0 Å². The number of rotatable bonds is 5. The number of hydrazine groups is 1. The van der Waals surface area contributed by atoms with Gasteiger partial charge >= 0.3 is 0 Å². The molecule has 1 aromatic heterocycles. The predicted molar refractivity (Wildman–Crippen MR) is 80.8 cm³/mol. The van der Waals surface area contributed by atoms with Gasteiger partial charge in [0.2, 0.25) is 0 Å². The number of hydrogen-bond donors (Lipinski definition) is 2. The van der Waals surface area contributed by atoms with Crippen molar-refractivity contribution in [2.24, 2.45) is 5.84 Å². The third-order valence-corrected chi connectivity index (χ3v) is 3.82. The molecular formula is C13H15BrClFN4. The summed E-state index contributed by atoms with van der Waals surface area (Å²) in [5.41, 5.74) is 3.80. The molecule has 1 heterocycles. The second-order valence-corrected chi connectivity index (χ2v) is 5.66. The molecule has 4 nitrogen and oxygen atoms in total. The first kappa shape index (κ1) is 15.4. The van der Waals surface area contributed by atoms with E-state index in [1.165, 1.54) is 12.1 Å². The van der Waals surface area contributed by atoms with Crippen molar-refractivity contribution in [1.82, 2.24) is 15.2 Å². The topological polar surface area (TPSA) is 55.9 Å². The van der Waals surface area contributed by atoms with E-state index in [0.717, 1.165) is 23.1 Å². The van der Waals surface area contributed by atoms with Gasteiger partial charge in [-0.2, -0.15) is 5.10 Å². The van der Waals surface area contributed by atoms with Crippen LogP contribution in [0, 0.1) is 5.82 Å². The summed E-state index contributed by atoms with van der Waals surface area (Å²) in [5.74, 6) is 5.26. The maximum Gasteiger partial charge on any atom is 0.128 e. The number of benzene rings is 1. The Hall–Kier alpha value is -0.950. The van der Waals surface area contributed by atoms with Crippen molar-refractivity contribution < 1.29 is 4.39 Å². The molecule has 0 aliphatic heterocycles. The lowest BCUT2D eigenvalue weighted by atomic mass is 10.0. The Morgan fingerprint density at radius 3 is 2.95 bits per heavy atom. The zero-order valence-electron chi connectivity index (χ0n) is 10.9. The Morgan fingerprint density at radius 1 is 1.55 bits per heavy atom. The lowest BCUT2D eigenvalue weighted by molar-refractivity contribution is 0.501. The normalized spacial score (nSPS) is 12.7. The molecule has 0 fully saturated rings. The van der Waals surface area contributed by atoms with Crippen LogP contribution < -0.4 is 11.3 Å². The molecule has 0 aliphatic rings. The van der Waals surface area contributed by atoms with E-state index in [0.29, 0.717) is 10.6 Å². The molecule has 0 bridgehead atoms. The molecule has 3 N–H and O–H groups in total. The van der Waals surface area contributed by atoms with Crippen LogP contribution in [0.1, 0.15) is 30.6 Å². The molecule has 2 aromatic rings. The van der Waals surface area contributed by atoms with E-state index in [1.54, 1.807) is 16.9 Å². The van der Waals surface area contributed by atoms with Gasteiger partial charge in [-0.15, -0.1) is 0 Å². The molecule has 0 saturated carbocycles. The summed E-state index contributed by atoms with van der Waals surface area (Å²) in [7, 11) is 0. The van der Waals surface area contributed by atoms with Crippen LogP contribution >= 0.6 is 27.5 Å². The van der Waals surface area contributed by atoms with Crippen LogP contribution in [0.3, 0.4) is 0 Å². The lowest BCUT2D eigenvalue weighted by Crippen LogP contribution is -2.31. The SMILES string of the molecule is CCCn1ncc(Br)c1C(NN)c1cc(Cl)ccc1F. The minimum Gasteiger partial charge on any atom is -0.271 e. The van der Waals surface area contributed by atoms with Gasteiger partial charge in [-0.25, -0.2) is 9.82 Å². The quantitative estimate of drug-likeness (QED) is 0.634. The van der Waals surface area contributed by atoms with Crippen LogP contribution in [0.5, 0.6) is 0 Å². The maximum absolute atomic E-state index is 14.0. The number of nitrogens with two attached hydrogens (primary N) is 1. The first-order valence-electron chi connectivity index (χ1n) is 6.20. The number of aryl methyl sites for hydroxylation is 1. The van der Waals surface area contributed by atoms with Crippen LogP contribution in [-0.4, -0.2) is 9.78 Å². The summed E-state index contributed by atoms with van der Waals surface area (Å²) in [4.78, 5) is 0. The van der Waals surface area contributed by atoms with Crippen LogP contribution in [0.25, 0.3) is 0 Å². The zero-order valence-corrected chi connectivity index (χ0v) is 13.2. The second-order valence-electron chi connectivity index (χ2n) is 4.37. The van der Waals surface area contributed by atoms with Gasteiger partial charge in [0.25, 0.3) is 0 Å². The zero-order chi connectivity index (χ0) is 14.7. The number of nitrogens with zero attached hydrogens (tertiary/aromatic N) is 2. The van der Waals surface area contributed by atoms with Gasteiger partial charge in [0.05, 0.1) is 22.4 Å². The summed E-state index contributed by atoms with van der Waals surface area (Å²) < 4.78 is 16.6. The number of halogens is 3. The summed E-state index contributed by atoms with van der Waals surface area (Å²) in [6.07, 6.45) is 2.59. The summed E-state index contributed by atoms with van der Waals surface area (Å²) in [5, 5.41) is 4.73. The third-order valence-electron chi connectivity index (χ3n) is 2.98. The van der Waals surface area contributed by atoms with Crippen molar-refractivity contribution in [3.05, 3.63) is 51.0 Å². The van der Waals surface area contributed by atoms with E-state index in [-0.39, 0.29) is 5.82 Å². The van der Waals surface area contributed by atoms with E-state index >= 15 is 0 Å². The molecule has 1 unspecified atom stereocenters. The molecule has 0 aliphatic carbocycles. The fraction of sp³-hybridized carbons (Fsp3) is 0.308. The Morgan fingerprint density at radius 2 is 2.30 bits per heavy atom. The Labute approximate surface area is 130 Å². The standard InChI is InChI=1S/C13H15BrClFN4/c1-2-5-20-13(10(14)7-18-20)12(19-17)9-6-8(15)3-4-11(9)16/h3-4,6-7,12,19H,2,5,17H2,1H3. The Bertz CT molecular complexity index is 602. The maximum atomic E-state index is 14.0. The van der Waals surface area contributed by atoms with E-state index in [1.807, 2.05) is 6.92 Å². The molecule has 0 saturated heterocycles. The Balaban J connectivity index is 2.52. The molecule has 0 spiro atoms. The number of nitrogens with one attached hydrogen (secondary N) is 1. The molecule has 1 atom stereocenters. The average molecular weight is 362 g/mol. The minimum absolute atomic E-state index is 0.367. The smallest absolute Gasteiger partial charge is 0.128 e. The van der Waals surface area contributed by atoms with Crippen molar-refractivity contribution in [3.8, 4) is 0 Å². The van der Waals surface area contributed by atoms with Crippen LogP contribution in [0.4, 0.5) is 4.39 Å². The van der Waals surface area contributed by atoms with Crippen molar-refractivity contribution in [2.45, 2.75) is 25.9 Å². The van der Waals surface area contributed by atoms with Gasteiger partial charge in [-0.05, 0) is 40.5 Å². The molecular weight excluding hydrogens is 347 g/mol. The monoisotopic (exact) mass is 360 g/mol. The van der Waals surface area contributed by atoms with Crippen LogP contribution in [0.15, 0.2) is 28.9 Å². The summed E-state index contributed by atoms with van der Waals surface area (Å²) >= 11 is 9.39. The largest absolute Gasteiger partial charge is 0.271 e. The van der Waals surface area contributed by atoms with Gasteiger partial charge in [-0.3, -0.25) is 10.5 Å². The molecule has 1 aromatic carbocycles. The van der Waals surface area contributed by atoms with Crippen molar-refractivity contribution in [1.29, 1.82) is 0 Å². The molecule has 0 amide bonds. The van der Waals surface area contributed by atoms with Crippen LogP contribution in [0.2, 0.25) is 5.02 Å². The first-order valence-corrected chi connectivity index (χ1v) is 7.37. The highest BCUT2D eigenvalue weighted by Gasteiger charge is 2.23. The number of hydrogen-bond acceptors (Lipinski definition) is 3. The fourth-order valence-corrected chi connectivity index (χ4v) is 2.81. The van der Waals surface area contributed by atoms with E-state index in [9.17, 15) is 4.39 Å². The molecule has 108 valence electrons. The number of aromatic nitrogens is 2. The molecule has 7 heteroatoms.